The standard InChI is InChI=1S/C2H4O2S.C2H6OS/c3-2(4)1-5;3-1-2-4/h5H,1H2,(H,3,4);3-4H,1-2H2. The Morgan fingerprint density at radius 1 is 1.44 bits per heavy atom. The molecule has 0 radical (unpaired) electrons. The average Bonchev–Trinajstić information content (AvgIpc) is 1.89. The molecule has 0 aliphatic carbocycles. The van der Waals surface area contributed by atoms with Crippen molar-refractivity contribution in [1.82, 2.24) is 0 Å². The van der Waals surface area contributed by atoms with Crippen molar-refractivity contribution in [3.8, 4) is 0 Å². The topological polar surface area (TPSA) is 57.5 Å². The number of carboxylic acid groups (broad SMARTS) is 1. The Bertz CT molecular complexity index is 64.8. The van der Waals surface area contributed by atoms with Gasteiger partial charge in [0, 0.05) is 5.75 Å². The zero-order valence-corrected chi connectivity index (χ0v) is 6.61. The molecule has 0 aromatic rings. The van der Waals surface area contributed by atoms with Crippen LogP contribution in [0, 0.1) is 0 Å². The van der Waals surface area contributed by atoms with Gasteiger partial charge >= 0.3 is 5.97 Å². The Kier molecular flexibility index (Phi) is 14.5. The van der Waals surface area contributed by atoms with Crippen molar-refractivity contribution < 1.29 is 15.0 Å². The van der Waals surface area contributed by atoms with Gasteiger partial charge in [0.2, 0.25) is 0 Å². The fourth-order valence-corrected chi connectivity index (χ4v) is 0. The molecule has 0 rings (SSSR count). The first kappa shape index (κ1) is 11.9. The molecule has 0 aliphatic rings. The number of thiol groups is 2. The van der Waals surface area contributed by atoms with Crippen LogP contribution in [0.1, 0.15) is 0 Å². The van der Waals surface area contributed by atoms with Crippen molar-refractivity contribution in [2.45, 2.75) is 0 Å². The molecule has 0 spiro atoms. The summed E-state index contributed by atoms with van der Waals surface area (Å²) < 4.78 is 0. The molecule has 5 heteroatoms. The van der Waals surface area contributed by atoms with Crippen LogP contribution in [0.2, 0.25) is 0 Å². The van der Waals surface area contributed by atoms with Gasteiger partial charge in [0.15, 0.2) is 0 Å². The molecule has 0 bridgehead atoms. The molecule has 0 fully saturated rings. The second kappa shape index (κ2) is 11.0. The summed E-state index contributed by atoms with van der Waals surface area (Å²) in [5.41, 5.74) is 0. The monoisotopic (exact) mass is 170 g/mol. The molecule has 0 heterocycles. The van der Waals surface area contributed by atoms with E-state index < -0.39 is 5.97 Å². The maximum atomic E-state index is 9.29. The van der Waals surface area contributed by atoms with Crippen molar-refractivity contribution in [1.29, 1.82) is 0 Å². The highest BCUT2D eigenvalue weighted by molar-refractivity contribution is 7.81. The van der Waals surface area contributed by atoms with Crippen LogP contribution in [0.25, 0.3) is 0 Å². The van der Waals surface area contributed by atoms with E-state index in [1.165, 1.54) is 0 Å². The summed E-state index contributed by atoms with van der Waals surface area (Å²) >= 11 is 7.09. The average molecular weight is 170 g/mol. The van der Waals surface area contributed by atoms with E-state index >= 15 is 0 Å². The number of aliphatic hydroxyl groups is 1. The van der Waals surface area contributed by atoms with Gasteiger partial charge in [-0.05, 0) is 0 Å². The number of carbonyl (C=O) groups is 1. The molecule has 0 aliphatic heterocycles. The van der Waals surface area contributed by atoms with Gasteiger partial charge in [-0.15, -0.1) is 0 Å². The first-order valence-electron chi connectivity index (χ1n) is 2.23. The van der Waals surface area contributed by atoms with Crippen LogP contribution < -0.4 is 0 Å². The second-order valence-corrected chi connectivity index (χ2v) is 1.76. The minimum Gasteiger partial charge on any atom is -0.481 e. The zero-order chi connectivity index (χ0) is 7.70. The van der Waals surface area contributed by atoms with Gasteiger partial charge in [-0.3, -0.25) is 4.79 Å². The van der Waals surface area contributed by atoms with Gasteiger partial charge < -0.3 is 10.2 Å². The summed E-state index contributed by atoms with van der Waals surface area (Å²) in [6.45, 7) is 0.184. The van der Waals surface area contributed by atoms with Crippen LogP contribution in [0.3, 0.4) is 0 Å². The maximum absolute atomic E-state index is 9.29. The Hall–Kier alpha value is 0.130. The summed E-state index contributed by atoms with van der Waals surface area (Å²) in [4.78, 5) is 9.29. The molecule has 0 atom stereocenters. The number of hydrogen-bond acceptors (Lipinski definition) is 4. The molecular weight excluding hydrogens is 160 g/mol. The first-order valence-corrected chi connectivity index (χ1v) is 3.49. The van der Waals surface area contributed by atoms with Gasteiger partial charge in [0.25, 0.3) is 0 Å². The number of rotatable bonds is 2. The van der Waals surface area contributed by atoms with E-state index in [1.807, 2.05) is 0 Å². The van der Waals surface area contributed by atoms with E-state index in [0.29, 0.717) is 5.75 Å². The largest absolute Gasteiger partial charge is 0.481 e. The lowest BCUT2D eigenvalue weighted by molar-refractivity contribution is -0.133. The number of carboxylic acids is 1. The lowest BCUT2D eigenvalue weighted by atomic mass is 10.8. The third kappa shape index (κ3) is 31.2. The van der Waals surface area contributed by atoms with Gasteiger partial charge in [-0.25, -0.2) is 0 Å². The molecule has 3 nitrogen and oxygen atoms in total. The SMILES string of the molecule is O=C(O)CS.OCCS. The van der Waals surface area contributed by atoms with Crippen LogP contribution in [0.5, 0.6) is 0 Å². The Balaban J connectivity index is 0. The van der Waals surface area contributed by atoms with Crippen LogP contribution in [-0.4, -0.2) is 34.3 Å². The molecular formula is C4H10O3S2. The quantitative estimate of drug-likeness (QED) is 0.438. The normalized spacial score (nSPS) is 7.44. The lowest BCUT2D eigenvalue weighted by Gasteiger charge is -1.71. The molecule has 0 unspecified atom stereocenters. The maximum Gasteiger partial charge on any atom is 0.313 e. The lowest BCUT2D eigenvalue weighted by Crippen LogP contribution is -1.92. The Morgan fingerprint density at radius 3 is 1.67 bits per heavy atom. The van der Waals surface area contributed by atoms with Gasteiger partial charge in [-0.1, -0.05) is 0 Å². The third-order valence-corrected chi connectivity index (χ3v) is 0.706. The smallest absolute Gasteiger partial charge is 0.313 e. The van der Waals surface area contributed by atoms with Crippen LogP contribution in [0.4, 0.5) is 0 Å². The van der Waals surface area contributed by atoms with E-state index in [-0.39, 0.29) is 12.4 Å². The van der Waals surface area contributed by atoms with Crippen molar-refractivity contribution in [2.75, 3.05) is 18.1 Å². The summed E-state index contributed by atoms with van der Waals surface area (Å²) in [5.74, 6) is -0.395. The van der Waals surface area contributed by atoms with E-state index in [0.717, 1.165) is 0 Å². The zero-order valence-electron chi connectivity index (χ0n) is 4.82. The summed E-state index contributed by atoms with van der Waals surface area (Å²) in [7, 11) is 0. The predicted octanol–water partition coefficient (Wildman–Crippen LogP) is -0.0907. The van der Waals surface area contributed by atoms with Crippen molar-refractivity contribution >= 4 is 31.2 Å². The summed E-state index contributed by atoms with van der Waals surface area (Å²) in [6.07, 6.45) is 0. The summed E-state index contributed by atoms with van der Waals surface area (Å²) in [6, 6.07) is 0. The second-order valence-electron chi connectivity index (χ2n) is 0.999. The molecule has 9 heavy (non-hydrogen) atoms. The Labute approximate surface area is 64.9 Å². The fraction of sp³-hybridized carbons (Fsp3) is 0.750. The van der Waals surface area contributed by atoms with E-state index in [4.69, 9.17) is 10.2 Å². The minimum atomic E-state index is -0.881. The third-order valence-electron chi connectivity index (χ3n) is 0.235. The molecule has 56 valence electrons. The van der Waals surface area contributed by atoms with Crippen molar-refractivity contribution in [3.05, 3.63) is 0 Å². The molecule has 0 amide bonds. The van der Waals surface area contributed by atoms with E-state index in [1.54, 1.807) is 0 Å². The molecule has 0 aromatic carbocycles. The Morgan fingerprint density at radius 2 is 1.67 bits per heavy atom. The van der Waals surface area contributed by atoms with Gasteiger partial charge in [0.1, 0.15) is 0 Å². The van der Waals surface area contributed by atoms with Gasteiger partial charge in [0.05, 0.1) is 12.4 Å². The number of aliphatic carboxylic acids is 1. The van der Waals surface area contributed by atoms with Crippen LogP contribution in [0.15, 0.2) is 0 Å². The molecule has 0 saturated heterocycles. The highest BCUT2D eigenvalue weighted by atomic mass is 32.1. The first-order chi connectivity index (χ1) is 4.18. The number of hydrogen-bond donors (Lipinski definition) is 4. The fourth-order valence-electron chi connectivity index (χ4n) is 0. The van der Waals surface area contributed by atoms with Crippen molar-refractivity contribution in [2.24, 2.45) is 0 Å². The van der Waals surface area contributed by atoms with Crippen LogP contribution >= 0.6 is 25.3 Å². The molecule has 2 N–H and O–H groups in total. The summed E-state index contributed by atoms with van der Waals surface area (Å²) in [5, 5.41) is 15.4. The highest BCUT2D eigenvalue weighted by Gasteiger charge is 1.81. The van der Waals surface area contributed by atoms with E-state index in [2.05, 4.69) is 25.3 Å². The highest BCUT2D eigenvalue weighted by Crippen LogP contribution is 1.66. The predicted molar refractivity (Wildman–Crippen MR) is 42.4 cm³/mol. The van der Waals surface area contributed by atoms with E-state index in [9.17, 15) is 4.79 Å². The van der Waals surface area contributed by atoms with Crippen molar-refractivity contribution in [3.63, 3.8) is 0 Å². The molecule has 0 aromatic heterocycles. The molecule has 0 saturated carbocycles. The number of aliphatic hydroxyl groups excluding tert-OH is 1. The van der Waals surface area contributed by atoms with Crippen LogP contribution in [-0.2, 0) is 4.79 Å². The van der Waals surface area contributed by atoms with Gasteiger partial charge in [-0.2, -0.15) is 25.3 Å². The minimum absolute atomic E-state index is 0.0833.